The number of H-pyrrole nitrogens is 1. The molecule has 96 valence electrons. The van der Waals surface area contributed by atoms with Gasteiger partial charge in [-0.3, -0.25) is 4.79 Å². The average Bonchev–Trinajstić information content (AvgIpc) is 3.10. The molecule has 2 heteroatoms. The number of hydrogen-bond acceptors (Lipinski definition) is 1. The second-order valence-corrected chi connectivity index (χ2v) is 4.04. The molecule has 17 heavy (non-hydrogen) atoms. The van der Waals surface area contributed by atoms with Crippen LogP contribution in [0.1, 0.15) is 41.2 Å². The van der Waals surface area contributed by atoms with E-state index in [9.17, 15) is 4.79 Å². The molecule has 2 nitrogen and oxygen atoms in total. The zero-order valence-electron chi connectivity index (χ0n) is 11.5. The SMILES string of the molecule is CC.CC.Cc1cc(=O)c2c([nH]1)=CC1CC1C=2.[HH]. The van der Waals surface area contributed by atoms with E-state index < -0.39 is 0 Å². The van der Waals surface area contributed by atoms with Crippen molar-refractivity contribution in [3.05, 3.63) is 32.6 Å². The second-order valence-electron chi connectivity index (χ2n) is 4.04. The van der Waals surface area contributed by atoms with Gasteiger partial charge in [0.1, 0.15) is 0 Å². The number of aromatic amines is 1. The smallest absolute Gasteiger partial charge is 0.189 e. The maximum absolute atomic E-state index is 11.6. The number of fused-ring (bicyclic) bond motifs is 2. The van der Waals surface area contributed by atoms with E-state index in [1.165, 1.54) is 6.42 Å². The van der Waals surface area contributed by atoms with Crippen LogP contribution in [0.3, 0.4) is 0 Å². The number of aromatic nitrogens is 1. The molecule has 1 N–H and O–H groups in total. The standard InChI is InChI=1S/C11H11NO.2C2H6.H2/c1-6-2-11(13)9-4-7-3-8(7)5-10(9)12-6;2*1-2;/h2,4-5,7-8,12H,3H2,1H3;2*1-2H3;1H. The predicted octanol–water partition coefficient (Wildman–Crippen LogP) is 2.19. The molecular weight excluding hydrogens is 210 g/mol. The third-order valence-electron chi connectivity index (χ3n) is 2.89. The van der Waals surface area contributed by atoms with Crippen molar-refractivity contribution in [2.75, 3.05) is 0 Å². The van der Waals surface area contributed by atoms with Gasteiger partial charge >= 0.3 is 0 Å². The molecule has 2 aliphatic rings. The van der Waals surface area contributed by atoms with Gasteiger partial charge in [0.05, 0.1) is 0 Å². The minimum Gasteiger partial charge on any atom is -0.359 e. The molecule has 0 aliphatic heterocycles. The number of hydrogen-bond donors (Lipinski definition) is 1. The monoisotopic (exact) mass is 235 g/mol. The first-order valence-electron chi connectivity index (χ1n) is 6.68. The van der Waals surface area contributed by atoms with E-state index in [0.29, 0.717) is 11.8 Å². The normalized spacial score (nSPS) is 22.2. The van der Waals surface area contributed by atoms with Crippen molar-refractivity contribution in [2.45, 2.75) is 41.0 Å². The van der Waals surface area contributed by atoms with Crippen molar-refractivity contribution in [2.24, 2.45) is 11.8 Å². The van der Waals surface area contributed by atoms with Gasteiger partial charge in [-0.2, -0.15) is 0 Å². The minimum absolute atomic E-state index is 0. The van der Waals surface area contributed by atoms with Gasteiger partial charge in [-0.15, -0.1) is 0 Å². The highest BCUT2D eigenvalue weighted by Crippen LogP contribution is 2.41. The maximum atomic E-state index is 11.6. The lowest BCUT2D eigenvalue weighted by molar-refractivity contribution is 1.01. The van der Waals surface area contributed by atoms with Gasteiger partial charge in [0, 0.05) is 23.8 Å². The molecule has 0 bridgehead atoms. The third-order valence-corrected chi connectivity index (χ3v) is 2.89. The van der Waals surface area contributed by atoms with Crippen LogP contribution >= 0.6 is 0 Å². The Hall–Kier alpha value is -1.31. The number of nitrogens with one attached hydrogen (secondary N) is 1. The Bertz CT molecular complexity index is 545. The van der Waals surface area contributed by atoms with Gasteiger partial charge in [0.15, 0.2) is 5.43 Å². The van der Waals surface area contributed by atoms with Gasteiger partial charge in [-0.25, -0.2) is 0 Å². The Morgan fingerprint density at radius 3 is 2.41 bits per heavy atom. The van der Waals surface area contributed by atoms with Gasteiger partial charge in [-0.05, 0) is 25.2 Å². The highest BCUT2D eigenvalue weighted by molar-refractivity contribution is 5.47. The molecule has 1 aromatic heterocycles. The lowest BCUT2D eigenvalue weighted by Crippen LogP contribution is -2.42. The van der Waals surface area contributed by atoms with Crippen molar-refractivity contribution in [1.29, 1.82) is 0 Å². The quantitative estimate of drug-likeness (QED) is 0.734. The van der Waals surface area contributed by atoms with Crippen molar-refractivity contribution < 1.29 is 1.43 Å². The first-order chi connectivity index (χ1) is 8.24. The van der Waals surface area contributed by atoms with E-state index >= 15 is 0 Å². The van der Waals surface area contributed by atoms with Crippen molar-refractivity contribution in [3.8, 4) is 0 Å². The summed E-state index contributed by atoms with van der Waals surface area (Å²) in [4.78, 5) is 14.8. The Kier molecular flexibility index (Phi) is 4.73. The van der Waals surface area contributed by atoms with Crippen LogP contribution in [0, 0.1) is 18.8 Å². The molecule has 1 aromatic rings. The number of pyridine rings is 1. The molecule has 0 aromatic carbocycles. The van der Waals surface area contributed by atoms with Crippen LogP contribution < -0.4 is 16.0 Å². The van der Waals surface area contributed by atoms with Gasteiger partial charge in [-0.1, -0.05) is 39.8 Å². The molecule has 0 amide bonds. The third kappa shape index (κ3) is 2.87. The van der Waals surface area contributed by atoms with E-state index in [4.69, 9.17) is 0 Å². The molecule has 1 saturated carbocycles. The van der Waals surface area contributed by atoms with E-state index in [0.717, 1.165) is 16.3 Å². The summed E-state index contributed by atoms with van der Waals surface area (Å²) in [6, 6.07) is 1.67. The van der Waals surface area contributed by atoms with Crippen LogP contribution in [0.2, 0.25) is 0 Å². The zero-order valence-corrected chi connectivity index (χ0v) is 11.5. The molecule has 2 aliphatic carbocycles. The molecule has 2 unspecified atom stereocenters. The van der Waals surface area contributed by atoms with Crippen LogP contribution in [-0.4, -0.2) is 4.98 Å². The molecule has 2 atom stereocenters. The Morgan fingerprint density at radius 1 is 1.18 bits per heavy atom. The fourth-order valence-electron chi connectivity index (χ4n) is 2.07. The molecule has 0 saturated heterocycles. The van der Waals surface area contributed by atoms with Gasteiger partial charge in [0.2, 0.25) is 0 Å². The largest absolute Gasteiger partial charge is 0.359 e. The Morgan fingerprint density at radius 2 is 1.76 bits per heavy atom. The summed E-state index contributed by atoms with van der Waals surface area (Å²) < 4.78 is 0. The minimum atomic E-state index is 0. The molecule has 3 rings (SSSR count). The van der Waals surface area contributed by atoms with E-state index in [2.05, 4.69) is 17.1 Å². The van der Waals surface area contributed by atoms with Gasteiger partial charge < -0.3 is 4.98 Å². The topological polar surface area (TPSA) is 32.9 Å². The molecule has 0 spiro atoms. The lowest BCUT2D eigenvalue weighted by atomic mass is 10.1. The van der Waals surface area contributed by atoms with E-state index in [1.807, 2.05) is 34.6 Å². The van der Waals surface area contributed by atoms with Crippen LogP contribution in [0.4, 0.5) is 0 Å². The maximum Gasteiger partial charge on any atom is 0.189 e. The summed E-state index contributed by atoms with van der Waals surface area (Å²) in [5, 5.41) is 1.91. The fraction of sp³-hybridized carbons (Fsp3) is 0.533. The number of aryl methyl sites for hydroxylation is 1. The summed E-state index contributed by atoms with van der Waals surface area (Å²) in [7, 11) is 0. The second kappa shape index (κ2) is 5.85. The Labute approximate surface area is 105 Å². The van der Waals surface area contributed by atoms with Gasteiger partial charge in [0.25, 0.3) is 0 Å². The highest BCUT2D eigenvalue weighted by Gasteiger charge is 2.34. The molecular formula is C15H25NO. The predicted molar refractivity (Wildman–Crippen MR) is 76.4 cm³/mol. The van der Waals surface area contributed by atoms with E-state index in [-0.39, 0.29) is 6.86 Å². The summed E-state index contributed by atoms with van der Waals surface area (Å²) >= 11 is 0. The average molecular weight is 235 g/mol. The first-order valence-corrected chi connectivity index (χ1v) is 6.68. The van der Waals surface area contributed by atoms with Crippen molar-refractivity contribution in [1.82, 2.24) is 4.98 Å². The molecule has 0 radical (unpaired) electrons. The van der Waals surface area contributed by atoms with Crippen molar-refractivity contribution >= 4 is 12.2 Å². The Balaban J connectivity index is 0.000000531. The van der Waals surface area contributed by atoms with E-state index in [1.54, 1.807) is 6.07 Å². The zero-order chi connectivity index (χ0) is 13.0. The summed E-state index contributed by atoms with van der Waals surface area (Å²) in [5.41, 5.74) is 1.11. The van der Waals surface area contributed by atoms with Crippen LogP contribution in [0.15, 0.2) is 10.9 Å². The lowest BCUT2D eigenvalue weighted by Gasteiger charge is -1.99. The summed E-state index contributed by atoms with van der Waals surface area (Å²) in [6.07, 6.45) is 5.55. The van der Waals surface area contributed by atoms with Crippen molar-refractivity contribution in [3.63, 3.8) is 0 Å². The molecule has 1 fully saturated rings. The van der Waals surface area contributed by atoms with Crippen LogP contribution in [0.5, 0.6) is 0 Å². The fourth-order valence-corrected chi connectivity index (χ4v) is 2.07. The molecule has 1 heterocycles. The first kappa shape index (κ1) is 13.8. The highest BCUT2D eigenvalue weighted by atomic mass is 16.1. The summed E-state index contributed by atoms with van der Waals surface area (Å²) in [6.45, 7) is 9.93. The summed E-state index contributed by atoms with van der Waals surface area (Å²) in [5.74, 6) is 1.35. The van der Waals surface area contributed by atoms with Crippen LogP contribution in [0.25, 0.3) is 12.2 Å². The number of rotatable bonds is 0. The van der Waals surface area contributed by atoms with Crippen LogP contribution in [-0.2, 0) is 0 Å².